The van der Waals surface area contributed by atoms with E-state index in [1.54, 1.807) is 18.2 Å². The molecule has 0 bridgehead atoms. The number of anilines is 1. The van der Waals surface area contributed by atoms with Crippen LogP contribution < -0.4 is 5.32 Å². The SMILES string of the molecule is C[C@H](OC(=O)c1ccc(Cl)c([N+](=O)[O-])c1)C(=O)Nc1cccc(C#N)c1. The Balaban J connectivity index is 2.06. The normalized spacial score (nSPS) is 11.1. The molecule has 2 rings (SSSR count). The van der Waals surface area contributed by atoms with Gasteiger partial charge in [-0.25, -0.2) is 4.79 Å². The first-order chi connectivity index (χ1) is 12.3. The maximum absolute atomic E-state index is 12.1. The number of halogens is 1. The lowest BCUT2D eigenvalue weighted by atomic mass is 10.2. The Morgan fingerprint density at radius 2 is 2.04 bits per heavy atom. The molecule has 2 aromatic carbocycles. The van der Waals surface area contributed by atoms with Gasteiger partial charge in [0.05, 0.1) is 22.1 Å². The predicted octanol–water partition coefficient (Wildman–Crippen LogP) is 3.30. The molecule has 8 nitrogen and oxygen atoms in total. The van der Waals surface area contributed by atoms with E-state index in [9.17, 15) is 19.7 Å². The Hall–Kier alpha value is -3.44. The first kappa shape index (κ1) is 18.9. The highest BCUT2D eigenvalue weighted by molar-refractivity contribution is 6.32. The molecule has 26 heavy (non-hydrogen) atoms. The summed E-state index contributed by atoms with van der Waals surface area (Å²) in [5.41, 5.74) is 0.193. The van der Waals surface area contributed by atoms with Crippen LogP contribution in [0, 0.1) is 21.4 Å². The molecule has 0 aliphatic carbocycles. The topological polar surface area (TPSA) is 122 Å². The molecule has 0 radical (unpaired) electrons. The van der Waals surface area contributed by atoms with E-state index in [1.165, 1.54) is 25.1 Å². The number of amides is 1. The number of carbonyl (C=O) groups excluding carboxylic acids is 2. The van der Waals surface area contributed by atoms with E-state index in [0.29, 0.717) is 11.3 Å². The molecule has 0 spiro atoms. The number of nitriles is 1. The lowest BCUT2D eigenvalue weighted by Gasteiger charge is -2.13. The van der Waals surface area contributed by atoms with Crippen molar-refractivity contribution in [3.63, 3.8) is 0 Å². The van der Waals surface area contributed by atoms with Crippen molar-refractivity contribution >= 4 is 34.9 Å². The maximum atomic E-state index is 12.1. The van der Waals surface area contributed by atoms with Crippen molar-refractivity contribution in [1.29, 1.82) is 5.26 Å². The zero-order chi connectivity index (χ0) is 19.3. The number of carbonyl (C=O) groups is 2. The lowest BCUT2D eigenvalue weighted by molar-refractivity contribution is -0.384. The van der Waals surface area contributed by atoms with E-state index in [2.05, 4.69) is 5.32 Å². The fourth-order valence-corrected chi connectivity index (χ4v) is 2.16. The first-order valence-corrected chi connectivity index (χ1v) is 7.65. The van der Waals surface area contributed by atoms with Crippen molar-refractivity contribution in [3.05, 3.63) is 68.7 Å². The predicted molar refractivity (Wildman–Crippen MR) is 92.8 cm³/mol. The molecule has 0 heterocycles. The van der Waals surface area contributed by atoms with Gasteiger partial charge in [0, 0.05) is 11.8 Å². The highest BCUT2D eigenvalue weighted by atomic mass is 35.5. The third kappa shape index (κ3) is 4.55. The van der Waals surface area contributed by atoms with Crippen LogP contribution in [0.15, 0.2) is 42.5 Å². The number of rotatable bonds is 5. The van der Waals surface area contributed by atoms with Gasteiger partial charge in [-0.15, -0.1) is 0 Å². The average molecular weight is 374 g/mol. The van der Waals surface area contributed by atoms with Gasteiger partial charge in [-0.3, -0.25) is 14.9 Å². The summed E-state index contributed by atoms with van der Waals surface area (Å²) >= 11 is 5.69. The zero-order valence-electron chi connectivity index (χ0n) is 13.4. The second-order valence-electron chi connectivity index (χ2n) is 5.15. The summed E-state index contributed by atoms with van der Waals surface area (Å²) < 4.78 is 5.02. The molecule has 2 aromatic rings. The van der Waals surface area contributed by atoms with Crippen molar-refractivity contribution in [2.45, 2.75) is 13.0 Å². The van der Waals surface area contributed by atoms with Crippen LogP contribution >= 0.6 is 11.6 Å². The van der Waals surface area contributed by atoms with Gasteiger partial charge < -0.3 is 10.1 Å². The van der Waals surface area contributed by atoms with Crippen LogP contribution in [-0.4, -0.2) is 22.9 Å². The third-order valence-electron chi connectivity index (χ3n) is 3.29. The maximum Gasteiger partial charge on any atom is 0.339 e. The second-order valence-corrected chi connectivity index (χ2v) is 5.56. The monoisotopic (exact) mass is 373 g/mol. The van der Waals surface area contributed by atoms with E-state index in [1.807, 2.05) is 6.07 Å². The molecule has 1 amide bonds. The number of esters is 1. The van der Waals surface area contributed by atoms with Crippen LogP contribution in [0.5, 0.6) is 0 Å². The second kappa shape index (κ2) is 8.09. The minimum atomic E-state index is -1.16. The van der Waals surface area contributed by atoms with Crippen LogP contribution in [-0.2, 0) is 9.53 Å². The summed E-state index contributed by atoms with van der Waals surface area (Å²) in [6.45, 7) is 1.35. The van der Waals surface area contributed by atoms with Gasteiger partial charge in [-0.1, -0.05) is 17.7 Å². The van der Waals surface area contributed by atoms with Crippen molar-refractivity contribution in [3.8, 4) is 6.07 Å². The summed E-state index contributed by atoms with van der Waals surface area (Å²) in [6, 6.07) is 11.6. The van der Waals surface area contributed by atoms with Crippen molar-refractivity contribution in [2.75, 3.05) is 5.32 Å². The van der Waals surface area contributed by atoms with E-state index in [0.717, 1.165) is 6.07 Å². The summed E-state index contributed by atoms with van der Waals surface area (Å²) in [5.74, 6) is -1.52. The molecular formula is C17H12ClN3O5. The first-order valence-electron chi connectivity index (χ1n) is 7.27. The van der Waals surface area contributed by atoms with E-state index in [4.69, 9.17) is 21.6 Å². The Morgan fingerprint density at radius 1 is 1.31 bits per heavy atom. The summed E-state index contributed by atoms with van der Waals surface area (Å²) in [7, 11) is 0. The standard InChI is InChI=1S/C17H12ClN3O5/c1-10(16(22)20-13-4-2-3-11(7-13)9-19)26-17(23)12-5-6-14(18)15(8-12)21(24)25/h2-8,10H,1H3,(H,20,22)/t10-/m0/s1. The molecule has 1 atom stereocenters. The Kier molecular flexibility index (Phi) is 5.88. The number of nitro groups is 1. The molecule has 1 N–H and O–H groups in total. The van der Waals surface area contributed by atoms with E-state index in [-0.39, 0.29) is 10.6 Å². The van der Waals surface area contributed by atoms with Gasteiger partial charge in [0.15, 0.2) is 6.10 Å². The molecule has 0 aliphatic rings. The van der Waals surface area contributed by atoms with Crippen LogP contribution in [0.3, 0.4) is 0 Å². The van der Waals surface area contributed by atoms with Gasteiger partial charge in [0.25, 0.3) is 11.6 Å². The fourth-order valence-electron chi connectivity index (χ4n) is 1.97. The number of hydrogen-bond acceptors (Lipinski definition) is 6. The Morgan fingerprint density at radius 3 is 2.69 bits per heavy atom. The number of benzene rings is 2. The zero-order valence-corrected chi connectivity index (χ0v) is 14.2. The number of nitro benzene ring substituents is 1. The van der Waals surface area contributed by atoms with Gasteiger partial charge in [0.2, 0.25) is 0 Å². The summed E-state index contributed by atoms with van der Waals surface area (Å²) in [6.07, 6.45) is -1.16. The molecule has 9 heteroatoms. The molecule has 0 saturated heterocycles. The minimum Gasteiger partial charge on any atom is -0.449 e. The fraction of sp³-hybridized carbons (Fsp3) is 0.118. The van der Waals surface area contributed by atoms with Crippen LogP contribution in [0.1, 0.15) is 22.8 Å². The highest BCUT2D eigenvalue weighted by Gasteiger charge is 2.22. The Labute approximate surface area is 153 Å². The van der Waals surface area contributed by atoms with E-state index >= 15 is 0 Å². The number of nitrogens with one attached hydrogen (secondary N) is 1. The summed E-state index contributed by atoms with van der Waals surface area (Å²) in [5, 5.41) is 22.1. The number of nitrogens with zero attached hydrogens (tertiary/aromatic N) is 2. The van der Waals surface area contributed by atoms with Crippen LogP contribution in [0.4, 0.5) is 11.4 Å². The van der Waals surface area contributed by atoms with Gasteiger partial charge >= 0.3 is 5.97 Å². The smallest absolute Gasteiger partial charge is 0.339 e. The molecule has 0 aliphatic heterocycles. The van der Waals surface area contributed by atoms with Crippen LogP contribution in [0.2, 0.25) is 5.02 Å². The van der Waals surface area contributed by atoms with Gasteiger partial charge in [-0.2, -0.15) is 5.26 Å². The third-order valence-corrected chi connectivity index (χ3v) is 3.61. The quantitative estimate of drug-likeness (QED) is 0.487. The average Bonchev–Trinajstić information content (AvgIpc) is 2.61. The van der Waals surface area contributed by atoms with Crippen molar-refractivity contribution in [2.24, 2.45) is 0 Å². The summed E-state index contributed by atoms with van der Waals surface area (Å²) in [4.78, 5) is 34.3. The van der Waals surface area contributed by atoms with Gasteiger partial charge in [-0.05, 0) is 37.3 Å². The number of ether oxygens (including phenoxy) is 1. The van der Waals surface area contributed by atoms with Crippen LogP contribution in [0.25, 0.3) is 0 Å². The molecule has 132 valence electrons. The molecule has 0 aromatic heterocycles. The van der Waals surface area contributed by atoms with Gasteiger partial charge in [0.1, 0.15) is 5.02 Å². The molecular weight excluding hydrogens is 362 g/mol. The minimum absolute atomic E-state index is 0.104. The largest absolute Gasteiger partial charge is 0.449 e. The number of hydrogen-bond donors (Lipinski definition) is 1. The molecule has 0 saturated carbocycles. The lowest BCUT2D eigenvalue weighted by Crippen LogP contribution is -2.30. The van der Waals surface area contributed by atoms with Crippen molar-refractivity contribution < 1.29 is 19.2 Å². The molecule has 0 fully saturated rings. The molecule has 0 unspecified atom stereocenters. The van der Waals surface area contributed by atoms with Crippen molar-refractivity contribution in [1.82, 2.24) is 0 Å². The Bertz CT molecular complexity index is 923. The highest BCUT2D eigenvalue weighted by Crippen LogP contribution is 2.25. The van der Waals surface area contributed by atoms with E-state index < -0.39 is 28.6 Å².